The molecule has 1 aliphatic heterocycles. The van der Waals surface area contributed by atoms with Crippen LogP contribution in [0.5, 0.6) is 5.75 Å². The van der Waals surface area contributed by atoms with E-state index in [1.807, 2.05) is 42.5 Å². The fourth-order valence-corrected chi connectivity index (χ4v) is 3.19. The van der Waals surface area contributed by atoms with Crippen LogP contribution in [0.2, 0.25) is 0 Å². The number of hydrogen-bond donors (Lipinski definition) is 1. The van der Waals surface area contributed by atoms with Crippen LogP contribution >= 0.6 is 0 Å². The van der Waals surface area contributed by atoms with Gasteiger partial charge in [-0.3, -0.25) is 4.90 Å². The van der Waals surface area contributed by atoms with E-state index in [4.69, 9.17) is 9.47 Å². The third-order valence-electron chi connectivity index (χ3n) is 4.55. The van der Waals surface area contributed by atoms with Crippen LogP contribution in [0.3, 0.4) is 0 Å². The second-order valence-corrected chi connectivity index (χ2v) is 6.43. The molecule has 1 N–H and O–H groups in total. The first kappa shape index (κ1) is 18.5. The lowest BCUT2D eigenvalue weighted by Crippen LogP contribution is -2.51. The average molecular weight is 358 g/mol. The van der Waals surface area contributed by atoms with Gasteiger partial charge in [0, 0.05) is 38.1 Å². The van der Waals surface area contributed by atoms with E-state index in [1.165, 1.54) is 0 Å². The van der Waals surface area contributed by atoms with Gasteiger partial charge >= 0.3 is 6.09 Å². The Labute approximate surface area is 153 Å². The molecule has 1 aliphatic rings. The summed E-state index contributed by atoms with van der Waals surface area (Å²) in [6.07, 6.45) is -0.838. The number of piperazine rings is 1. The van der Waals surface area contributed by atoms with Gasteiger partial charge in [-0.05, 0) is 18.4 Å². The van der Waals surface area contributed by atoms with Crippen LogP contribution in [-0.2, 0) is 4.74 Å². The monoisotopic (exact) mass is 358 g/mol. The van der Waals surface area contributed by atoms with E-state index in [0.29, 0.717) is 26.2 Å². The molecule has 0 aromatic heterocycles. The number of carbonyl (C=O) groups excluding carboxylic acids is 1. The number of benzene rings is 2. The highest BCUT2D eigenvalue weighted by Crippen LogP contribution is 2.25. The first-order valence-corrected chi connectivity index (χ1v) is 9.10. The van der Waals surface area contributed by atoms with Crippen molar-refractivity contribution in [1.29, 1.82) is 0 Å². The zero-order valence-electron chi connectivity index (χ0n) is 15.1. The van der Waals surface area contributed by atoms with Crippen molar-refractivity contribution in [1.82, 2.24) is 9.80 Å². The van der Waals surface area contributed by atoms with Crippen LogP contribution in [-0.4, -0.2) is 73.0 Å². The van der Waals surface area contributed by atoms with E-state index < -0.39 is 6.10 Å². The van der Waals surface area contributed by atoms with Gasteiger partial charge < -0.3 is 19.5 Å². The first-order valence-electron chi connectivity index (χ1n) is 9.10. The molecular weight excluding hydrogens is 332 g/mol. The minimum Gasteiger partial charge on any atom is -0.490 e. The Morgan fingerprint density at radius 3 is 2.62 bits per heavy atom. The van der Waals surface area contributed by atoms with Crippen molar-refractivity contribution >= 4 is 16.9 Å². The lowest BCUT2D eigenvalue weighted by molar-refractivity contribution is 0.0410. The lowest BCUT2D eigenvalue weighted by atomic mass is 10.1. The number of amides is 1. The summed E-state index contributed by atoms with van der Waals surface area (Å²) in [6.45, 7) is 5.66. The number of rotatable bonds is 6. The highest BCUT2D eigenvalue weighted by Gasteiger charge is 2.23. The van der Waals surface area contributed by atoms with Crippen molar-refractivity contribution in [3.05, 3.63) is 42.5 Å². The fourth-order valence-electron chi connectivity index (χ4n) is 3.19. The zero-order chi connectivity index (χ0) is 18.4. The number of β-amino-alcohol motifs (C(OH)–C–C–N with tert-alkyl or cyclic N) is 1. The minimum atomic E-state index is -0.580. The summed E-state index contributed by atoms with van der Waals surface area (Å²) in [6, 6.07) is 14.0. The third-order valence-corrected chi connectivity index (χ3v) is 4.55. The van der Waals surface area contributed by atoms with E-state index >= 15 is 0 Å². The fraction of sp³-hybridized carbons (Fsp3) is 0.450. The van der Waals surface area contributed by atoms with Gasteiger partial charge in [0.1, 0.15) is 18.5 Å². The Morgan fingerprint density at radius 1 is 1.12 bits per heavy atom. The predicted octanol–water partition coefficient (Wildman–Crippen LogP) is 2.35. The van der Waals surface area contributed by atoms with Gasteiger partial charge in [-0.15, -0.1) is 0 Å². The number of aliphatic hydroxyl groups is 1. The van der Waals surface area contributed by atoms with Crippen LogP contribution in [0.4, 0.5) is 4.79 Å². The van der Waals surface area contributed by atoms with Gasteiger partial charge in [-0.1, -0.05) is 36.4 Å². The molecule has 0 spiro atoms. The molecule has 0 radical (unpaired) electrons. The molecule has 3 rings (SSSR count). The quantitative estimate of drug-likeness (QED) is 0.859. The smallest absolute Gasteiger partial charge is 0.409 e. The number of fused-ring (bicyclic) bond motifs is 1. The van der Waals surface area contributed by atoms with Crippen LogP contribution in [0.25, 0.3) is 10.8 Å². The molecule has 2 aromatic rings. The molecule has 1 unspecified atom stereocenters. The Hall–Kier alpha value is -2.31. The van der Waals surface area contributed by atoms with Crippen molar-refractivity contribution in [3.8, 4) is 5.75 Å². The largest absolute Gasteiger partial charge is 0.490 e. The number of nitrogens with zero attached hydrogens (tertiary/aromatic N) is 2. The summed E-state index contributed by atoms with van der Waals surface area (Å²) in [4.78, 5) is 15.6. The van der Waals surface area contributed by atoms with Gasteiger partial charge in [0.2, 0.25) is 0 Å². The molecule has 1 saturated heterocycles. The van der Waals surface area contributed by atoms with E-state index in [-0.39, 0.29) is 12.7 Å². The van der Waals surface area contributed by atoms with E-state index in [9.17, 15) is 9.90 Å². The van der Waals surface area contributed by atoms with Gasteiger partial charge in [-0.2, -0.15) is 0 Å². The van der Waals surface area contributed by atoms with E-state index in [2.05, 4.69) is 4.90 Å². The lowest BCUT2D eigenvalue weighted by Gasteiger charge is -2.34. The van der Waals surface area contributed by atoms with Crippen LogP contribution < -0.4 is 4.74 Å². The highest BCUT2D eigenvalue weighted by molar-refractivity contribution is 5.88. The molecule has 1 fully saturated rings. The molecule has 0 saturated carbocycles. The van der Waals surface area contributed by atoms with Crippen molar-refractivity contribution < 1.29 is 19.4 Å². The van der Waals surface area contributed by atoms with E-state index in [0.717, 1.165) is 29.6 Å². The van der Waals surface area contributed by atoms with Crippen LogP contribution in [0.15, 0.2) is 42.5 Å². The molecule has 26 heavy (non-hydrogen) atoms. The molecule has 140 valence electrons. The Bertz CT molecular complexity index is 723. The SMILES string of the molecule is CCOC(=O)N1CCN(CC(O)COc2cccc3ccccc23)CC1. The predicted molar refractivity (Wildman–Crippen MR) is 100 cm³/mol. The maximum atomic E-state index is 11.7. The summed E-state index contributed by atoms with van der Waals surface area (Å²) in [7, 11) is 0. The van der Waals surface area contributed by atoms with Crippen LogP contribution in [0, 0.1) is 0 Å². The number of hydrogen-bond acceptors (Lipinski definition) is 5. The summed E-state index contributed by atoms with van der Waals surface area (Å²) in [5, 5.41) is 12.5. The Kier molecular flexibility index (Phi) is 6.30. The second-order valence-electron chi connectivity index (χ2n) is 6.43. The van der Waals surface area contributed by atoms with Gasteiger partial charge in [0.15, 0.2) is 0 Å². The van der Waals surface area contributed by atoms with Gasteiger partial charge in [-0.25, -0.2) is 4.79 Å². The molecule has 1 atom stereocenters. The summed E-state index contributed by atoms with van der Waals surface area (Å²) in [5.41, 5.74) is 0. The Balaban J connectivity index is 1.46. The summed E-state index contributed by atoms with van der Waals surface area (Å²) in [5.74, 6) is 0.786. The van der Waals surface area contributed by atoms with Crippen LogP contribution in [0.1, 0.15) is 6.92 Å². The minimum absolute atomic E-state index is 0.242. The second kappa shape index (κ2) is 8.87. The van der Waals surface area contributed by atoms with Gasteiger partial charge in [0.25, 0.3) is 0 Å². The van der Waals surface area contributed by atoms with Crippen molar-refractivity contribution in [3.63, 3.8) is 0 Å². The highest BCUT2D eigenvalue weighted by atomic mass is 16.6. The third kappa shape index (κ3) is 4.65. The van der Waals surface area contributed by atoms with E-state index in [1.54, 1.807) is 11.8 Å². The molecule has 2 aromatic carbocycles. The topological polar surface area (TPSA) is 62.2 Å². The molecule has 1 amide bonds. The number of aliphatic hydroxyl groups excluding tert-OH is 1. The number of carbonyl (C=O) groups is 1. The molecule has 0 bridgehead atoms. The molecule has 6 nitrogen and oxygen atoms in total. The normalized spacial score (nSPS) is 16.5. The summed E-state index contributed by atoms with van der Waals surface area (Å²) < 4.78 is 10.9. The maximum absolute atomic E-state index is 11.7. The first-order chi connectivity index (χ1) is 12.7. The molecule has 1 heterocycles. The average Bonchev–Trinajstić information content (AvgIpc) is 2.67. The number of ether oxygens (including phenoxy) is 2. The van der Waals surface area contributed by atoms with Crippen molar-refractivity contribution in [2.24, 2.45) is 0 Å². The molecule has 6 heteroatoms. The molecular formula is C20H26N2O4. The molecule has 0 aliphatic carbocycles. The van der Waals surface area contributed by atoms with Crippen molar-refractivity contribution in [2.45, 2.75) is 13.0 Å². The van der Waals surface area contributed by atoms with Crippen molar-refractivity contribution in [2.75, 3.05) is 45.9 Å². The Morgan fingerprint density at radius 2 is 1.85 bits per heavy atom. The van der Waals surface area contributed by atoms with Gasteiger partial charge in [0.05, 0.1) is 6.61 Å². The zero-order valence-corrected chi connectivity index (χ0v) is 15.1. The maximum Gasteiger partial charge on any atom is 0.409 e. The summed E-state index contributed by atoms with van der Waals surface area (Å²) >= 11 is 0. The standard InChI is InChI=1S/C20H26N2O4/c1-2-25-20(24)22-12-10-21(11-13-22)14-17(23)15-26-19-9-5-7-16-6-3-4-8-18(16)19/h3-9,17,23H,2,10-15H2,1H3.